The van der Waals surface area contributed by atoms with Crippen molar-refractivity contribution in [1.29, 1.82) is 0 Å². The van der Waals surface area contributed by atoms with Gasteiger partial charge in [-0.15, -0.1) is 10.2 Å². The molecule has 36 heavy (non-hydrogen) atoms. The van der Waals surface area contributed by atoms with E-state index in [9.17, 15) is 9.59 Å². The number of thioether (sulfide) groups is 1. The summed E-state index contributed by atoms with van der Waals surface area (Å²) < 4.78 is 7.54. The molecule has 1 heterocycles. The van der Waals surface area contributed by atoms with E-state index in [1.54, 1.807) is 36.4 Å². The SMILES string of the molecule is CCCCOc1ccc(C(=O)NCc2nnc(SCC(=O)c3ccccc3)n2-c2ccccc2)cc1. The summed E-state index contributed by atoms with van der Waals surface area (Å²) in [5, 5.41) is 12.1. The van der Waals surface area contributed by atoms with E-state index in [2.05, 4.69) is 22.4 Å². The highest BCUT2D eigenvalue weighted by Gasteiger charge is 2.17. The van der Waals surface area contributed by atoms with Crippen molar-refractivity contribution in [3.8, 4) is 11.4 Å². The number of carbonyl (C=O) groups excluding carboxylic acids is 2. The Hall–Kier alpha value is -3.91. The maximum Gasteiger partial charge on any atom is 0.251 e. The first kappa shape index (κ1) is 25.2. The predicted molar refractivity (Wildman–Crippen MR) is 141 cm³/mol. The molecule has 0 aliphatic carbocycles. The first-order valence-corrected chi connectivity index (χ1v) is 12.9. The van der Waals surface area contributed by atoms with E-state index in [1.807, 2.05) is 53.1 Å². The van der Waals surface area contributed by atoms with Gasteiger partial charge in [0.05, 0.1) is 18.9 Å². The number of unbranched alkanes of at least 4 members (excludes halogenated alkanes) is 1. The molecule has 184 valence electrons. The lowest BCUT2D eigenvalue weighted by molar-refractivity contribution is 0.0948. The highest BCUT2D eigenvalue weighted by Crippen LogP contribution is 2.23. The van der Waals surface area contributed by atoms with Crippen LogP contribution in [0.5, 0.6) is 5.75 Å². The average molecular weight is 501 g/mol. The van der Waals surface area contributed by atoms with E-state index < -0.39 is 0 Å². The van der Waals surface area contributed by atoms with E-state index in [4.69, 9.17) is 4.74 Å². The van der Waals surface area contributed by atoms with Gasteiger partial charge in [0.25, 0.3) is 5.91 Å². The van der Waals surface area contributed by atoms with Crippen molar-refractivity contribution in [2.75, 3.05) is 12.4 Å². The van der Waals surface area contributed by atoms with Crippen LogP contribution in [0, 0.1) is 0 Å². The number of para-hydroxylation sites is 1. The fourth-order valence-corrected chi connectivity index (χ4v) is 4.35. The second-order valence-electron chi connectivity index (χ2n) is 8.06. The molecule has 0 aliphatic heterocycles. The Morgan fingerprint density at radius 1 is 0.889 bits per heavy atom. The van der Waals surface area contributed by atoms with Gasteiger partial charge in [-0.2, -0.15) is 0 Å². The van der Waals surface area contributed by atoms with Crippen molar-refractivity contribution in [1.82, 2.24) is 20.1 Å². The molecular weight excluding hydrogens is 472 g/mol. The highest BCUT2D eigenvalue weighted by molar-refractivity contribution is 7.99. The van der Waals surface area contributed by atoms with Gasteiger partial charge in [-0.05, 0) is 42.8 Å². The highest BCUT2D eigenvalue weighted by atomic mass is 32.2. The lowest BCUT2D eigenvalue weighted by Crippen LogP contribution is -2.24. The zero-order chi connectivity index (χ0) is 25.2. The molecule has 0 bridgehead atoms. The quantitative estimate of drug-likeness (QED) is 0.160. The molecule has 3 aromatic carbocycles. The summed E-state index contributed by atoms with van der Waals surface area (Å²) in [4.78, 5) is 25.4. The number of benzene rings is 3. The topological polar surface area (TPSA) is 86.1 Å². The molecular formula is C28H28N4O3S. The summed E-state index contributed by atoms with van der Waals surface area (Å²) in [6.07, 6.45) is 2.06. The van der Waals surface area contributed by atoms with Gasteiger partial charge in [0.2, 0.25) is 0 Å². The number of hydrogen-bond donors (Lipinski definition) is 1. The summed E-state index contributed by atoms with van der Waals surface area (Å²) in [7, 11) is 0. The number of rotatable bonds is 12. The predicted octanol–water partition coefficient (Wildman–Crippen LogP) is 5.35. The molecule has 0 spiro atoms. The average Bonchev–Trinajstić information content (AvgIpc) is 3.34. The lowest BCUT2D eigenvalue weighted by atomic mass is 10.2. The number of hydrogen-bond acceptors (Lipinski definition) is 6. The lowest BCUT2D eigenvalue weighted by Gasteiger charge is -2.11. The first-order valence-electron chi connectivity index (χ1n) is 11.9. The van der Waals surface area contributed by atoms with Crippen LogP contribution in [0.2, 0.25) is 0 Å². The van der Waals surface area contributed by atoms with Gasteiger partial charge in [-0.3, -0.25) is 14.2 Å². The van der Waals surface area contributed by atoms with E-state index >= 15 is 0 Å². The Bertz CT molecular complexity index is 1280. The Kier molecular flexibility index (Phi) is 8.88. The minimum Gasteiger partial charge on any atom is -0.494 e. The summed E-state index contributed by atoms with van der Waals surface area (Å²) in [5.41, 5.74) is 2.05. The Morgan fingerprint density at radius 2 is 1.58 bits per heavy atom. The molecule has 4 aromatic rings. The number of carbonyl (C=O) groups is 2. The zero-order valence-electron chi connectivity index (χ0n) is 20.1. The fourth-order valence-electron chi connectivity index (χ4n) is 3.48. The molecule has 0 atom stereocenters. The summed E-state index contributed by atoms with van der Waals surface area (Å²) in [6.45, 7) is 2.96. The largest absolute Gasteiger partial charge is 0.494 e. The van der Waals surface area contributed by atoms with Crippen LogP contribution in [0.15, 0.2) is 90.1 Å². The van der Waals surface area contributed by atoms with Gasteiger partial charge in [-0.25, -0.2) is 0 Å². The number of aromatic nitrogens is 3. The van der Waals surface area contributed by atoms with Crippen molar-refractivity contribution in [3.05, 3.63) is 102 Å². The fraction of sp³-hybridized carbons (Fsp3) is 0.214. The van der Waals surface area contributed by atoms with Gasteiger partial charge in [0.1, 0.15) is 5.75 Å². The molecule has 4 rings (SSSR count). The third-order valence-electron chi connectivity index (χ3n) is 5.43. The van der Waals surface area contributed by atoms with Crippen LogP contribution in [-0.4, -0.2) is 38.8 Å². The van der Waals surface area contributed by atoms with E-state index in [1.165, 1.54) is 11.8 Å². The number of ether oxygens (including phenoxy) is 1. The van der Waals surface area contributed by atoms with E-state index in [0.717, 1.165) is 24.3 Å². The molecule has 0 unspecified atom stereocenters. The number of amides is 1. The van der Waals surface area contributed by atoms with Crippen molar-refractivity contribution < 1.29 is 14.3 Å². The molecule has 0 saturated heterocycles. The van der Waals surface area contributed by atoms with E-state index in [0.29, 0.717) is 28.7 Å². The number of nitrogens with one attached hydrogen (secondary N) is 1. The van der Waals surface area contributed by atoms with Crippen LogP contribution in [0.25, 0.3) is 5.69 Å². The maximum absolute atomic E-state index is 12.8. The molecule has 7 nitrogen and oxygen atoms in total. The van der Waals surface area contributed by atoms with Crippen LogP contribution in [0.4, 0.5) is 0 Å². The molecule has 8 heteroatoms. The number of Topliss-reactive ketones (excluding diaryl/α,β-unsaturated/α-hetero) is 1. The molecule has 0 aliphatic rings. The monoisotopic (exact) mass is 500 g/mol. The van der Waals surface area contributed by atoms with Gasteiger partial charge < -0.3 is 10.1 Å². The second kappa shape index (κ2) is 12.7. The Balaban J connectivity index is 1.44. The van der Waals surface area contributed by atoms with Crippen molar-refractivity contribution in [2.24, 2.45) is 0 Å². The molecule has 0 radical (unpaired) electrons. The third-order valence-corrected chi connectivity index (χ3v) is 6.36. The molecule has 1 amide bonds. The van der Waals surface area contributed by atoms with Crippen LogP contribution < -0.4 is 10.1 Å². The van der Waals surface area contributed by atoms with Crippen LogP contribution in [0.3, 0.4) is 0 Å². The van der Waals surface area contributed by atoms with Crippen molar-refractivity contribution in [2.45, 2.75) is 31.5 Å². The van der Waals surface area contributed by atoms with Gasteiger partial charge in [0.15, 0.2) is 16.8 Å². The van der Waals surface area contributed by atoms with Crippen molar-refractivity contribution in [3.63, 3.8) is 0 Å². The molecule has 1 aromatic heterocycles. The standard InChI is InChI=1S/C28H28N4O3S/c1-2-3-18-35-24-16-14-22(15-17-24)27(34)29-19-26-30-31-28(32(26)23-12-8-5-9-13-23)36-20-25(33)21-10-6-4-7-11-21/h4-17H,2-3,18-20H2,1H3,(H,29,34). The second-order valence-corrected chi connectivity index (χ2v) is 9.00. The van der Waals surface area contributed by atoms with Crippen molar-refractivity contribution >= 4 is 23.5 Å². The molecule has 0 fully saturated rings. The smallest absolute Gasteiger partial charge is 0.251 e. The van der Waals surface area contributed by atoms with Gasteiger partial charge in [0, 0.05) is 16.8 Å². The first-order chi connectivity index (χ1) is 17.7. The van der Waals surface area contributed by atoms with Gasteiger partial charge in [-0.1, -0.05) is 73.6 Å². The Labute approximate surface area is 214 Å². The van der Waals surface area contributed by atoms with Crippen LogP contribution in [-0.2, 0) is 6.54 Å². The van der Waals surface area contributed by atoms with E-state index in [-0.39, 0.29) is 24.0 Å². The van der Waals surface area contributed by atoms with Crippen LogP contribution >= 0.6 is 11.8 Å². The number of nitrogens with zero attached hydrogens (tertiary/aromatic N) is 3. The molecule has 0 saturated carbocycles. The zero-order valence-corrected chi connectivity index (χ0v) is 20.9. The summed E-state index contributed by atoms with van der Waals surface area (Å²) >= 11 is 1.32. The normalized spacial score (nSPS) is 10.7. The minimum atomic E-state index is -0.217. The summed E-state index contributed by atoms with van der Waals surface area (Å²) in [5.74, 6) is 1.35. The van der Waals surface area contributed by atoms with Crippen LogP contribution in [0.1, 0.15) is 46.3 Å². The number of ketones is 1. The Morgan fingerprint density at radius 3 is 2.28 bits per heavy atom. The minimum absolute atomic E-state index is 0.0141. The maximum atomic E-state index is 12.8. The summed E-state index contributed by atoms with van der Waals surface area (Å²) in [6, 6.07) is 25.9. The third kappa shape index (κ3) is 6.60. The molecule has 1 N–H and O–H groups in total. The van der Waals surface area contributed by atoms with Gasteiger partial charge >= 0.3 is 0 Å².